The number of thiophene rings is 1. The zero-order valence-electron chi connectivity index (χ0n) is 19.2. The second-order valence-electron chi connectivity index (χ2n) is 7.76. The third kappa shape index (κ3) is 4.45. The van der Waals surface area contributed by atoms with Gasteiger partial charge in [0.05, 0.1) is 17.0 Å². The number of aryl methyl sites for hydroxylation is 1. The van der Waals surface area contributed by atoms with Gasteiger partial charge in [-0.3, -0.25) is 14.6 Å². The molecule has 0 aliphatic rings. The van der Waals surface area contributed by atoms with Crippen LogP contribution in [-0.4, -0.2) is 32.3 Å². The van der Waals surface area contributed by atoms with Gasteiger partial charge in [0.25, 0.3) is 11.5 Å². The van der Waals surface area contributed by atoms with Crippen molar-refractivity contribution in [3.05, 3.63) is 87.7 Å². The van der Waals surface area contributed by atoms with Crippen molar-refractivity contribution in [1.29, 1.82) is 0 Å². The molecule has 0 spiro atoms. The number of anilines is 1. The van der Waals surface area contributed by atoms with E-state index in [1.54, 1.807) is 12.1 Å². The lowest BCUT2D eigenvalue weighted by molar-refractivity contribution is 0.102. The first-order valence-corrected chi connectivity index (χ1v) is 12.2. The van der Waals surface area contributed by atoms with Crippen LogP contribution in [0.2, 0.25) is 0 Å². The molecule has 3 heterocycles. The Morgan fingerprint density at radius 1 is 1.11 bits per heavy atom. The van der Waals surface area contributed by atoms with Crippen molar-refractivity contribution in [3.8, 4) is 22.3 Å². The number of aromatic amines is 1. The molecule has 0 unspecified atom stereocenters. The third-order valence-electron chi connectivity index (χ3n) is 5.49. The van der Waals surface area contributed by atoms with E-state index in [1.807, 2.05) is 61.7 Å². The minimum Gasteiger partial charge on any atom is -0.493 e. The summed E-state index contributed by atoms with van der Waals surface area (Å²) in [6.07, 6.45) is 0.589. The molecular weight excluding hydrogens is 462 g/mol. The van der Waals surface area contributed by atoms with Crippen LogP contribution in [0.3, 0.4) is 0 Å². The number of rotatable bonds is 7. The van der Waals surface area contributed by atoms with E-state index in [0.717, 1.165) is 15.6 Å². The number of nitrogens with zero attached hydrogens (tertiary/aromatic N) is 3. The highest BCUT2D eigenvalue weighted by atomic mass is 32.1. The second kappa shape index (κ2) is 9.55. The molecule has 0 aliphatic heterocycles. The smallest absolute Gasteiger partial charge is 0.261 e. The Morgan fingerprint density at radius 3 is 2.74 bits per heavy atom. The number of ether oxygens (including phenoxy) is 1. The minimum absolute atomic E-state index is 0.232. The molecule has 0 aliphatic carbocycles. The van der Waals surface area contributed by atoms with Crippen LogP contribution >= 0.6 is 11.3 Å². The van der Waals surface area contributed by atoms with E-state index < -0.39 is 0 Å². The van der Waals surface area contributed by atoms with Crippen LogP contribution in [0.5, 0.6) is 5.75 Å². The third-order valence-corrected chi connectivity index (χ3v) is 6.38. The number of fused-ring (bicyclic) bond motifs is 1. The summed E-state index contributed by atoms with van der Waals surface area (Å²) in [5.41, 5.74) is 1.42. The van der Waals surface area contributed by atoms with Crippen molar-refractivity contribution in [2.75, 3.05) is 11.9 Å². The Bertz CT molecular complexity index is 1570. The summed E-state index contributed by atoms with van der Waals surface area (Å²) in [6, 6.07) is 18.5. The van der Waals surface area contributed by atoms with Crippen molar-refractivity contribution in [2.45, 2.75) is 20.3 Å². The molecule has 1 amide bonds. The Kier molecular flexibility index (Phi) is 6.15. The highest BCUT2D eigenvalue weighted by Crippen LogP contribution is 2.31. The lowest BCUT2D eigenvalue weighted by Crippen LogP contribution is -2.20. The fourth-order valence-corrected chi connectivity index (χ4v) is 4.57. The average Bonchev–Trinajstić information content (AvgIpc) is 3.54. The van der Waals surface area contributed by atoms with E-state index >= 15 is 0 Å². The first-order chi connectivity index (χ1) is 17.1. The zero-order chi connectivity index (χ0) is 24.4. The lowest BCUT2D eigenvalue weighted by Gasteiger charge is -2.14. The van der Waals surface area contributed by atoms with Crippen LogP contribution in [0.25, 0.3) is 27.3 Å². The van der Waals surface area contributed by atoms with Crippen LogP contribution in [0.15, 0.2) is 70.8 Å². The highest BCUT2D eigenvalue weighted by molar-refractivity contribution is 7.13. The van der Waals surface area contributed by atoms with Crippen LogP contribution in [0, 0.1) is 0 Å². The molecule has 0 bridgehead atoms. The van der Waals surface area contributed by atoms with Gasteiger partial charge in [-0.1, -0.05) is 43.3 Å². The number of aromatic nitrogens is 4. The molecule has 0 saturated heterocycles. The van der Waals surface area contributed by atoms with Crippen LogP contribution in [-0.2, 0) is 6.42 Å². The molecule has 8 nitrogen and oxygen atoms in total. The molecule has 35 heavy (non-hydrogen) atoms. The molecule has 2 aromatic carbocycles. The van der Waals surface area contributed by atoms with Gasteiger partial charge in [0.15, 0.2) is 0 Å². The lowest BCUT2D eigenvalue weighted by atomic mass is 10.0. The highest BCUT2D eigenvalue weighted by Gasteiger charge is 2.21. The number of carbonyl (C=O) groups is 1. The van der Waals surface area contributed by atoms with E-state index in [4.69, 9.17) is 4.74 Å². The molecule has 0 atom stereocenters. The molecule has 0 fully saturated rings. The topological polar surface area (TPSA) is 102 Å². The first kappa shape index (κ1) is 22.5. The molecular formula is C26H23N5O3S. The van der Waals surface area contributed by atoms with E-state index in [1.165, 1.54) is 22.1 Å². The fourth-order valence-electron chi connectivity index (χ4n) is 3.89. The quantitative estimate of drug-likeness (QED) is 0.336. The molecule has 3 aromatic heterocycles. The van der Waals surface area contributed by atoms with Gasteiger partial charge in [0.2, 0.25) is 5.95 Å². The number of hydrogen-bond donors (Lipinski definition) is 2. The monoisotopic (exact) mass is 485 g/mol. The van der Waals surface area contributed by atoms with Crippen LogP contribution in [0.4, 0.5) is 5.82 Å². The summed E-state index contributed by atoms with van der Waals surface area (Å²) < 4.78 is 7.24. The standard InChI is InChI=1S/C26H23N5O3S/c1-3-17-14-23(32)29-26(27-17)31-22(15-19(30-31)21-10-7-13-35-21)28-25(33)24-18-9-6-5-8-16(18)11-12-20(24)34-4-2/h5-15H,3-4H2,1-2H3,(H,28,33)(H,27,29,32). The van der Waals surface area contributed by atoms with Gasteiger partial charge in [-0.15, -0.1) is 11.3 Å². The molecule has 9 heteroatoms. The Morgan fingerprint density at radius 2 is 1.97 bits per heavy atom. The maximum Gasteiger partial charge on any atom is 0.261 e. The molecule has 2 N–H and O–H groups in total. The summed E-state index contributed by atoms with van der Waals surface area (Å²) in [5.74, 6) is 0.756. The van der Waals surface area contributed by atoms with Crippen molar-refractivity contribution < 1.29 is 9.53 Å². The first-order valence-electron chi connectivity index (χ1n) is 11.3. The Balaban J connectivity index is 1.63. The van der Waals surface area contributed by atoms with Crippen LogP contribution in [0.1, 0.15) is 29.9 Å². The predicted octanol–water partition coefficient (Wildman–Crippen LogP) is 5.05. The van der Waals surface area contributed by atoms with Gasteiger partial charge in [-0.25, -0.2) is 4.98 Å². The van der Waals surface area contributed by atoms with Crippen molar-refractivity contribution >= 4 is 33.8 Å². The zero-order valence-corrected chi connectivity index (χ0v) is 20.1. The predicted molar refractivity (Wildman–Crippen MR) is 138 cm³/mol. The van der Waals surface area contributed by atoms with E-state index in [9.17, 15) is 9.59 Å². The maximum absolute atomic E-state index is 13.7. The molecule has 0 saturated carbocycles. The van der Waals surface area contributed by atoms with E-state index in [2.05, 4.69) is 20.4 Å². The number of benzene rings is 2. The van der Waals surface area contributed by atoms with Gasteiger partial charge >= 0.3 is 0 Å². The summed E-state index contributed by atoms with van der Waals surface area (Å²) in [4.78, 5) is 34.1. The number of carbonyl (C=O) groups excluding carboxylic acids is 1. The molecule has 5 rings (SSSR count). The molecule has 0 radical (unpaired) electrons. The van der Waals surface area contributed by atoms with Crippen LogP contribution < -0.4 is 15.6 Å². The summed E-state index contributed by atoms with van der Waals surface area (Å²) >= 11 is 1.53. The van der Waals surface area contributed by atoms with E-state index in [0.29, 0.717) is 41.5 Å². The maximum atomic E-state index is 13.7. The Labute approximate surface area is 205 Å². The molecule has 176 valence electrons. The largest absolute Gasteiger partial charge is 0.493 e. The van der Waals surface area contributed by atoms with E-state index in [-0.39, 0.29) is 17.4 Å². The summed E-state index contributed by atoms with van der Waals surface area (Å²) in [7, 11) is 0. The number of H-pyrrole nitrogens is 1. The van der Waals surface area contributed by atoms with Gasteiger partial charge in [0, 0.05) is 17.8 Å². The second-order valence-corrected chi connectivity index (χ2v) is 8.71. The molecule has 5 aromatic rings. The normalized spacial score (nSPS) is 11.0. The SMILES string of the molecule is CCOc1ccc2ccccc2c1C(=O)Nc1cc(-c2cccs2)nn1-c1nc(CC)cc(=O)[nH]1. The number of hydrogen-bond acceptors (Lipinski definition) is 6. The summed E-state index contributed by atoms with van der Waals surface area (Å²) in [6.45, 7) is 4.22. The van der Waals surface area contributed by atoms with Crippen molar-refractivity contribution in [2.24, 2.45) is 0 Å². The van der Waals surface area contributed by atoms with Gasteiger partial charge in [0.1, 0.15) is 17.3 Å². The number of amides is 1. The number of nitrogens with one attached hydrogen (secondary N) is 2. The average molecular weight is 486 g/mol. The van der Waals surface area contributed by atoms with Crippen molar-refractivity contribution in [3.63, 3.8) is 0 Å². The Hall–Kier alpha value is -4.24. The van der Waals surface area contributed by atoms with Gasteiger partial charge in [-0.05, 0) is 41.6 Å². The summed E-state index contributed by atoms with van der Waals surface area (Å²) in [5, 5.41) is 11.3. The minimum atomic E-state index is -0.349. The van der Waals surface area contributed by atoms with Crippen molar-refractivity contribution in [1.82, 2.24) is 19.7 Å². The van der Waals surface area contributed by atoms with Gasteiger partial charge in [-0.2, -0.15) is 9.78 Å². The van der Waals surface area contributed by atoms with Gasteiger partial charge < -0.3 is 10.1 Å². The fraction of sp³-hybridized carbons (Fsp3) is 0.154.